The highest BCUT2D eigenvalue weighted by molar-refractivity contribution is 5.13. The standard InChI is InChI=1S/C8H11N/c1-7(2)8-3-5-9-6-4-8/h3-7H,1-2H3/i1D3. The molecule has 1 aromatic rings. The molecular formula is C8H11N. The predicted octanol–water partition coefficient (Wildman–Crippen LogP) is 2.21. The summed E-state index contributed by atoms with van der Waals surface area (Å²) in [6, 6.07) is 3.47. The van der Waals surface area contributed by atoms with E-state index in [1.165, 1.54) is 0 Å². The van der Waals surface area contributed by atoms with Crippen molar-refractivity contribution in [3.63, 3.8) is 0 Å². The van der Waals surface area contributed by atoms with E-state index in [9.17, 15) is 0 Å². The molecule has 1 unspecified atom stereocenters. The van der Waals surface area contributed by atoms with E-state index in [4.69, 9.17) is 4.11 Å². The fourth-order valence-corrected chi connectivity index (χ4v) is 0.652. The number of hydrogen-bond donors (Lipinski definition) is 0. The van der Waals surface area contributed by atoms with E-state index in [-0.39, 0.29) is 0 Å². The Bertz CT molecular complexity index is 242. The second kappa shape index (κ2) is 2.62. The first kappa shape index (κ1) is 3.35. The van der Waals surface area contributed by atoms with Crippen molar-refractivity contribution in [3.8, 4) is 0 Å². The second-order valence-electron chi connectivity index (χ2n) is 2.00. The Kier molecular flexibility index (Phi) is 0.977. The summed E-state index contributed by atoms with van der Waals surface area (Å²) in [5, 5.41) is 0. The van der Waals surface area contributed by atoms with Crippen LogP contribution in [0.4, 0.5) is 0 Å². The molecule has 1 nitrogen and oxygen atoms in total. The predicted molar refractivity (Wildman–Crippen MR) is 38.3 cm³/mol. The Balaban J connectivity index is 2.86. The van der Waals surface area contributed by atoms with Gasteiger partial charge in [-0.1, -0.05) is 13.8 Å². The molecule has 0 saturated heterocycles. The van der Waals surface area contributed by atoms with Crippen molar-refractivity contribution in [3.05, 3.63) is 30.1 Å². The maximum Gasteiger partial charge on any atom is 0.0270 e. The minimum atomic E-state index is -1.92. The average Bonchev–Trinajstić information content (AvgIpc) is 2.03. The lowest BCUT2D eigenvalue weighted by Gasteiger charge is -2.01. The van der Waals surface area contributed by atoms with Gasteiger partial charge in [0.1, 0.15) is 0 Å². The van der Waals surface area contributed by atoms with Gasteiger partial charge >= 0.3 is 0 Å². The quantitative estimate of drug-likeness (QED) is 0.559. The third kappa shape index (κ3) is 1.53. The van der Waals surface area contributed by atoms with Crippen LogP contribution in [0.25, 0.3) is 0 Å². The fourth-order valence-electron chi connectivity index (χ4n) is 0.652. The fraction of sp³-hybridized carbons (Fsp3) is 0.375. The Morgan fingerprint density at radius 2 is 2.22 bits per heavy atom. The van der Waals surface area contributed by atoms with Crippen LogP contribution in [-0.2, 0) is 0 Å². The molecule has 9 heavy (non-hydrogen) atoms. The number of nitrogens with zero attached hydrogens (tertiary/aromatic N) is 1. The first-order valence-corrected chi connectivity index (χ1v) is 2.92. The minimum absolute atomic E-state index is 0.416. The molecule has 0 saturated carbocycles. The van der Waals surface area contributed by atoms with Crippen LogP contribution in [0.15, 0.2) is 24.5 Å². The number of aromatic nitrogens is 1. The Labute approximate surface area is 60.0 Å². The lowest BCUT2D eigenvalue weighted by atomic mass is 10.1. The average molecular weight is 124 g/mol. The first-order chi connectivity index (χ1) is 5.52. The molecule has 1 heterocycles. The molecule has 1 aromatic heterocycles. The summed E-state index contributed by atoms with van der Waals surface area (Å²) in [5.41, 5.74) is 0.810. The minimum Gasteiger partial charge on any atom is -0.265 e. The van der Waals surface area contributed by atoms with E-state index in [2.05, 4.69) is 4.98 Å². The van der Waals surface area contributed by atoms with Gasteiger partial charge in [0.05, 0.1) is 0 Å². The van der Waals surface area contributed by atoms with Crippen LogP contribution in [0.3, 0.4) is 0 Å². The van der Waals surface area contributed by atoms with Crippen molar-refractivity contribution >= 4 is 0 Å². The first-order valence-electron chi connectivity index (χ1n) is 4.42. The molecular weight excluding hydrogens is 110 g/mol. The summed E-state index contributed by atoms with van der Waals surface area (Å²) in [6.45, 7) is -0.219. The van der Waals surface area contributed by atoms with Crippen LogP contribution in [0, 0.1) is 0 Å². The molecule has 0 aliphatic carbocycles. The van der Waals surface area contributed by atoms with Gasteiger partial charge in [-0.25, -0.2) is 0 Å². The van der Waals surface area contributed by atoms with E-state index in [0.29, 0.717) is 0 Å². The van der Waals surface area contributed by atoms with Crippen molar-refractivity contribution < 1.29 is 4.11 Å². The molecule has 48 valence electrons. The van der Waals surface area contributed by atoms with Crippen molar-refractivity contribution in [2.45, 2.75) is 19.7 Å². The maximum atomic E-state index is 7.19. The van der Waals surface area contributed by atoms with Gasteiger partial charge in [-0.3, -0.25) is 4.98 Å². The Hall–Kier alpha value is -0.850. The van der Waals surface area contributed by atoms with E-state index >= 15 is 0 Å². The summed E-state index contributed by atoms with van der Waals surface area (Å²) in [5.74, 6) is -0.416. The molecule has 0 bridgehead atoms. The van der Waals surface area contributed by atoms with E-state index in [1.54, 1.807) is 31.5 Å². The van der Waals surface area contributed by atoms with E-state index < -0.39 is 12.8 Å². The third-order valence-corrected chi connectivity index (χ3v) is 1.21. The smallest absolute Gasteiger partial charge is 0.0270 e. The number of rotatable bonds is 1. The third-order valence-electron chi connectivity index (χ3n) is 1.21. The topological polar surface area (TPSA) is 12.9 Å². The number of pyridine rings is 1. The van der Waals surface area contributed by atoms with Crippen molar-refractivity contribution in [2.75, 3.05) is 0 Å². The van der Waals surface area contributed by atoms with Gasteiger partial charge in [-0.15, -0.1) is 0 Å². The zero-order chi connectivity index (χ0) is 9.19. The lowest BCUT2D eigenvalue weighted by Crippen LogP contribution is -1.85. The second-order valence-corrected chi connectivity index (χ2v) is 2.00. The van der Waals surface area contributed by atoms with Gasteiger partial charge in [0, 0.05) is 16.5 Å². The molecule has 0 amide bonds. The molecule has 1 atom stereocenters. The zero-order valence-corrected chi connectivity index (χ0v) is 5.33. The van der Waals surface area contributed by atoms with Gasteiger partial charge in [0.15, 0.2) is 0 Å². The van der Waals surface area contributed by atoms with Gasteiger partial charge < -0.3 is 0 Å². The largest absolute Gasteiger partial charge is 0.265 e. The molecule has 1 heteroatoms. The summed E-state index contributed by atoms with van der Waals surface area (Å²) < 4.78 is 21.6. The highest BCUT2D eigenvalue weighted by Crippen LogP contribution is 2.10. The zero-order valence-electron chi connectivity index (χ0n) is 8.33. The van der Waals surface area contributed by atoms with Crippen LogP contribution in [-0.4, -0.2) is 4.98 Å². The van der Waals surface area contributed by atoms with Crippen LogP contribution in [0.2, 0.25) is 0 Å². The molecule has 0 aromatic carbocycles. The molecule has 0 aliphatic rings. The van der Waals surface area contributed by atoms with Crippen molar-refractivity contribution in [1.29, 1.82) is 0 Å². The van der Waals surface area contributed by atoms with Crippen LogP contribution in [0.1, 0.15) is 29.4 Å². The molecule has 0 N–H and O–H groups in total. The summed E-state index contributed by atoms with van der Waals surface area (Å²) in [4.78, 5) is 3.83. The summed E-state index contributed by atoms with van der Waals surface area (Å²) >= 11 is 0. The monoisotopic (exact) mass is 124 g/mol. The SMILES string of the molecule is [2H]C([2H])([2H])C(C)c1ccncc1. The van der Waals surface area contributed by atoms with Gasteiger partial charge in [0.25, 0.3) is 0 Å². The summed E-state index contributed by atoms with van der Waals surface area (Å²) in [6.07, 6.45) is 3.22. The van der Waals surface area contributed by atoms with Crippen LogP contribution >= 0.6 is 0 Å². The summed E-state index contributed by atoms with van der Waals surface area (Å²) in [7, 11) is 0. The normalized spacial score (nSPS) is 19.4. The highest BCUT2D eigenvalue weighted by Gasteiger charge is 1.93. The van der Waals surface area contributed by atoms with Crippen LogP contribution < -0.4 is 0 Å². The molecule has 0 spiro atoms. The van der Waals surface area contributed by atoms with Gasteiger partial charge in [-0.05, 0) is 23.6 Å². The van der Waals surface area contributed by atoms with Gasteiger partial charge in [0.2, 0.25) is 0 Å². The van der Waals surface area contributed by atoms with Crippen LogP contribution in [0.5, 0.6) is 0 Å². The lowest BCUT2D eigenvalue weighted by molar-refractivity contribution is 0.863. The van der Waals surface area contributed by atoms with Crippen molar-refractivity contribution in [1.82, 2.24) is 4.98 Å². The van der Waals surface area contributed by atoms with Gasteiger partial charge in [-0.2, -0.15) is 0 Å². The molecule has 1 rings (SSSR count). The maximum absolute atomic E-state index is 7.19. The Morgan fingerprint density at radius 3 is 2.78 bits per heavy atom. The Morgan fingerprint density at radius 1 is 1.56 bits per heavy atom. The van der Waals surface area contributed by atoms with E-state index in [0.717, 1.165) is 5.56 Å². The van der Waals surface area contributed by atoms with E-state index in [1.807, 2.05) is 0 Å². The van der Waals surface area contributed by atoms with Crippen molar-refractivity contribution in [2.24, 2.45) is 0 Å². The molecule has 0 aliphatic heterocycles. The highest BCUT2D eigenvalue weighted by atomic mass is 14.6. The molecule has 0 radical (unpaired) electrons. The molecule has 0 fully saturated rings. The number of hydrogen-bond acceptors (Lipinski definition) is 1.